The monoisotopic (exact) mass is 275 g/mol. The van der Waals surface area contributed by atoms with Crippen molar-refractivity contribution >= 4 is 11.7 Å². The average molecular weight is 275 g/mol. The second-order valence-corrected chi connectivity index (χ2v) is 5.81. The summed E-state index contributed by atoms with van der Waals surface area (Å²) in [6.07, 6.45) is 0. The number of para-hydroxylation sites is 1. The van der Waals surface area contributed by atoms with Crippen molar-refractivity contribution in [3.63, 3.8) is 0 Å². The fraction of sp³-hybridized carbons (Fsp3) is 0.562. The van der Waals surface area contributed by atoms with Crippen molar-refractivity contribution in [3.8, 4) is 0 Å². The second kappa shape index (κ2) is 6.27. The first-order valence-electron chi connectivity index (χ1n) is 7.35. The molecule has 110 valence electrons. The van der Waals surface area contributed by atoms with Crippen LogP contribution in [0.4, 0.5) is 10.5 Å². The maximum Gasteiger partial charge on any atom is 0.321 e. The van der Waals surface area contributed by atoms with Crippen LogP contribution in [0.5, 0.6) is 0 Å². The number of carbonyl (C=O) groups excluding carboxylic acids is 1. The SMILES string of the molecule is Cc1cccc(C)c1NC(=O)N1CCN(C(C)C)CC1. The molecule has 1 saturated heterocycles. The molecular formula is C16H25N3O. The molecule has 0 saturated carbocycles. The molecule has 1 aromatic carbocycles. The van der Waals surface area contributed by atoms with Crippen LogP contribution < -0.4 is 5.32 Å². The summed E-state index contributed by atoms with van der Waals surface area (Å²) in [6.45, 7) is 12.0. The lowest BCUT2D eigenvalue weighted by molar-refractivity contribution is 0.125. The Bertz CT molecular complexity index is 456. The van der Waals surface area contributed by atoms with Gasteiger partial charge in [-0.3, -0.25) is 4.90 Å². The van der Waals surface area contributed by atoms with E-state index in [1.54, 1.807) is 0 Å². The van der Waals surface area contributed by atoms with Gasteiger partial charge in [0, 0.05) is 37.9 Å². The molecule has 0 bridgehead atoms. The molecule has 1 aliphatic rings. The van der Waals surface area contributed by atoms with E-state index in [1.807, 2.05) is 36.9 Å². The molecule has 0 atom stereocenters. The van der Waals surface area contributed by atoms with Gasteiger partial charge < -0.3 is 10.2 Å². The first kappa shape index (κ1) is 14.9. The van der Waals surface area contributed by atoms with Gasteiger partial charge in [0.1, 0.15) is 0 Å². The largest absolute Gasteiger partial charge is 0.322 e. The Balaban J connectivity index is 1.96. The quantitative estimate of drug-likeness (QED) is 0.901. The normalized spacial score (nSPS) is 16.6. The Labute approximate surface area is 121 Å². The Hall–Kier alpha value is -1.55. The molecule has 1 fully saturated rings. The van der Waals surface area contributed by atoms with Gasteiger partial charge in [0.2, 0.25) is 0 Å². The van der Waals surface area contributed by atoms with E-state index in [1.165, 1.54) is 0 Å². The maximum absolute atomic E-state index is 12.3. The van der Waals surface area contributed by atoms with Crippen LogP contribution in [0.15, 0.2) is 18.2 Å². The van der Waals surface area contributed by atoms with Gasteiger partial charge in [-0.05, 0) is 38.8 Å². The number of amides is 2. The number of hydrogen-bond donors (Lipinski definition) is 1. The zero-order valence-electron chi connectivity index (χ0n) is 12.9. The number of anilines is 1. The molecule has 2 amide bonds. The minimum absolute atomic E-state index is 0.0193. The van der Waals surface area contributed by atoms with E-state index in [2.05, 4.69) is 24.1 Å². The fourth-order valence-electron chi connectivity index (χ4n) is 2.64. The van der Waals surface area contributed by atoms with E-state index in [0.29, 0.717) is 6.04 Å². The maximum atomic E-state index is 12.3. The van der Waals surface area contributed by atoms with Crippen LogP contribution in [0, 0.1) is 13.8 Å². The zero-order valence-corrected chi connectivity index (χ0v) is 12.9. The minimum atomic E-state index is 0.0193. The van der Waals surface area contributed by atoms with E-state index in [4.69, 9.17) is 0 Å². The number of benzene rings is 1. The lowest BCUT2D eigenvalue weighted by Gasteiger charge is -2.37. The van der Waals surface area contributed by atoms with Gasteiger partial charge in [-0.2, -0.15) is 0 Å². The highest BCUT2D eigenvalue weighted by Gasteiger charge is 2.22. The molecule has 0 spiro atoms. The molecule has 1 aromatic rings. The average Bonchev–Trinajstić information content (AvgIpc) is 2.43. The predicted octanol–water partition coefficient (Wildman–Crippen LogP) is 2.86. The Kier molecular flexibility index (Phi) is 4.65. The smallest absolute Gasteiger partial charge is 0.321 e. The predicted molar refractivity (Wildman–Crippen MR) is 83.2 cm³/mol. The summed E-state index contributed by atoms with van der Waals surface area (Å²) in [5.41, 5.74) is 3.17. The van der Waals surface area contributed by atoms with Crippen LogP contribution in [-0.2, 0) is 0 Å². The fourth-order valence-corrected chi connectivity index (χ4v) is 2.64. The number of rotatable bonds is 2. The standard InChI is InChI=1S/C16H25N3O/c1-12(2)18-8-10-19(11-9-18)16(20)17-15-13(3)6-5-7-14(15)4/h5-7,12H,8-11H2,1-4H3,(H,17,20). The number of nitrogens with one attached hydrogen (secondary N) is 1. The number of carbonyl (C=O) groups is 1. The molecule has 4 heteroatoms. The molecule has 1 N–H and O–H groups in total. The molecule has 4 nitrogen and oxygen atoms in total. The van der Waals surface area contributed by atoms with Crippen molar-refractivity contribution in [2.75, 3.05) is 31.5 Å². The van der Waals surface area contributed by atoms with Gasteiger partial charge in [0.05, 0.1) is 0 Å². The van der Waals surface area contributed by atoms with Crippen LogP contribution in [0.2, 0.25) is 0 Å². The van der Waals surface area contributed by atoms with Gasteiger partial charge >= 0.3 is 6.03 Å². The van der Waals surface area contributed by atoms with Crippen LogP contribution in [-0.4, -0.2) is 48.1 Å². The first-order valence-corrected chi connectivity index (χ1v) is 7.35. The lowest BCUT2D eigenvalue weighted by atomic mass is 10.1. The Morgan fingerprint density at radius 1 is 1.10 bits per heavy atom. The van der Waals surface area contributed by atoms with Crippen molar-refractivity contribution in [2.24, 2.45) is 0 Å². The van der Waals surface area contributed by atoms with E-state index in [9.17, 15) is 4.79 Å². The van der Waals surface area contributed by atoms with Crippen molar-refractivity contribution in [1.29, 1.82) is 0 Å². The van der Waals surface area contributed by atoms with Crippen molar-refractivity contribution in [2.45, 2.75) is 33.7 Å². The van der Waals surface area contributed by atoms with Crippen molar-refractivity contribution in [3.05, 3.63) is 29.3 Å². The van der Waals surface area contributed by atoms with Gasteiger partial charge in [-0.15, -0.1) is 0 Å². The molecule has 20 heavy (non-hydrogen) atoms. The van der Waals surface area contributed by atoms with Gasteiger partial charge in [0.25, 0.3) is 0 Å². The highest BCUT2D eigenvalue weighted by molar-refractivity contribution is 5.91. The minimum Gasteiger partial charge on any atom is -0.322 e. The summed E-state index contributed by atoms with van der Waals surface area (Å²) in [5.74, 6) is 0. The zero-order chi connectivity index (χ0) is 14.7. The first-order chi connectivity index (χ1) is 9.49. The van der Waals surface area contributed by atoms with Crippen molar-refractivity contribution in [1.82, 2.24) is 9.80 Å². The summed E-state index contributed by atoms with van der Waals surface area (Å²) < 4.78 is 0. The third kappa shape index (κ3) is 3.31. The van der Waals surface area contributed by atoms with E-state index >= 15 is 0 Å². The number of piperazine rings is 1. The topological polar surface area (TPSA) is 35.6 Å². The van der Waals surface area contributed by atoms with Crippen LogP contribution in [0.1, 0.15) is 25.0 Å². The number of urea groups is 1. The Morgan fingerprint density at radius 3 is 2.15 bits per heavy atom. The molecule has 0 aliphatic carbocycles. The van der Waals surface area contributed by atoms with E-state index in [-0.39, 0.29) is 6.03 Å². The highest BCUT2D eigenvalue weighted by atomic mass is 16.2. The molecule has 1 heterocycles. The molecule has 1 aliphatic heterocycles. The molecule has 0 aromatic heterocycles. The summed E-state index contributed by atoms with van der Waals surface area (Å²) >= 11 is 0. The van der Waals surface area contributed by atoms with Gasteiger partial charge in [0.15, 0.2) is 0 Å². The molecular weight excluding hydrogens is 250 g/mol. The summed E-state index contributed by atoms with van der Waals surface area (Å²) in [4.78, 5) is 16.7. The van der Waals surface area contributed by atoms with Crippen molar-refractivity contribution < 1.29 is 4.79 Å². The number of hydrogen-bond acceptors (Lipinski definition) is 2. The summed E-state index contributed by atoms with van der Waals surface area (Å²) in [6, 6.07) is 6.64. The number of aryl methyl sites for hydroxylation is 2. The van der Waals surface area contributed by atoms with Crippen LogP contribution >= 0.6 is 0 Å². The molecule has 0 unspecified atom stereocenters. The summed E-state index contributed by atoms with van der Waals surface area (Å²) in [5, 5.41) is 3.06. The highest BCUT2D eigenvalue weighted by Crippen LogP contribution is 2.20. The van der Waals surface area contributed by atoms with E-state index < -0.39 is 0 Å². The third-order valence-corrected chi connectivity index (χ3v) is 4.04. The van der Waals surface area contributed by atoms with Gasteiger partial charge in [-0.25, -0.2) is 4.79 Å². The summed E-state index contributed by atoms with van der Waals surface area (Å²) in [7, 11) is 0. The Morgan fingerprint density at radius 2 is 1.65 bits per heavy atom. The number of nitrogens with zero attached hydrogens (tertiary/aromatic N) is 2. The lowest BCUT2D eigenvalue weighted by Crippen LogP contribution is -2.51. The van der Waals surface area contributed by atoms with E-state index in [0.717, 1.165) is 43.0 Å². The van der Waals surface area contributed by atoms with Crippen LogP contribution in [0.25, 0.3) is 0 Å². The third-order valence-electron chi connectivity index (χ3n) is 4.04. The molecule has 2 rings (SSSR count). The van der Waals surface area contributed by atoms with Crippen LogP contribution in [0.3, 0.4) is 0 Å². The molecule has 0 radical (unpaired) electrons. The van der Waals surface area contributed by atoms with Gasteiger partial charge in [-0.1, -0.05) is 18.2 Å². The second-order valence-electron chi connectivity index (χ2n) is 5.81.